The van der Waals surface area contributed by atoms with Crippen LogP contribution in [0.4, 0.5) is 0 Å². The maximum Gasteiger partial charge on any atom is 0.0639 e. The second-order valence-electron chi connectivity index (χ2n) is 6.92. The molecule has 0 aliphatic carbocycles. The van der Waals surface area contributed by atoms with Crippen molar-refractivity contribution in [2.24, 2.45) is 0 Å². The van der Waals surface area contributed by atoms with Crippen LogP contribution in [0.2, 0.25) is 0 Å². The Labute approximate surface area is 149 Å². The Morgan fingerprint density at radius 1 is 0.542 bits per heavy atom. The number of allylic oxidation sites excluding steroid dienone is 6. The zero-order valence-corrected chi connectivity index (χ0v) is 16.3. The highest BCUT2D eigenvalue weighted by Crippen LogP contribution is 2.12. The van der Waals surface area contributed by atoms with Gasteiger partial charge in [-0.25, -0.2) is 0 Å². The molecule has 0 amide bonds. The molecule has 0 saturated heterocycles. The first kappa shape index (κ1) is 22.9. The molecular weight excluding hydrogens is 296 g/mol. The van der Waals surface area contributed by atoms with E-state index in [0.717, 1.165) is 36.8 Å². The standard InChI is InChI=1S/C22H38O2/c1-19(13-15-21(3)17-23)11-9-7-5-6-8-10-12-20(2)14-16-22(4)18-24/h11-12,15-16,23-24H,5-10,13-14,17-18H2,1-4H3/b19-11+,20-12+,21-15+,22-16+. The molecule has 0 aliphatic rings. The quantitative estimate of drug-likeness (QED) is 0.326. The number of hydrogen-bond acceptors (Lipinski definition) is 2. The first-order valence-electron chi connectivity index (χ1n) is 9.33. The molecule has 0 fully saturated rings. The normalized spacial score (nSPS) is 14.4. The second-order valence-corrected chi connectivity index (χ2v) is 6.92. The van der Waals surface area contributed by atoms with Crippen molar-refractivity contribution in [3.05, 3.63) is 46.6 Å². The molecule has 0 radical (unpaired) electrons. The van der Waals surface area contributed by atoms with Gasteiger partial charge in [0.05, 0.1) is 13.2 Å². The van der Waals surface area contributed by atoms with E-state index >= 15 is 0 Å². The summed E-state index contributed by atoms with van der Waals surface area (Å²) in [4.78, 5) is 0. The van der Waals surface area contributed by atoms with E-state index in [1.807, 2.05) is 13.8 Å². The van der Waals surface area contributed by atoms with Crippen molar-refractivity contribution in [1.29, 1.82) is 0 Å². The van der Waals surface area contributed by atoms with Crippen molar-refractivity contribution in [2.75, 3.05) is 13.2 Å². The summed E-state index contributed by atoms with van der Waals surface area (Å²) in [5.74, 6) is 0. The lowest BCUT2D eigenvalue weighted by molar-refractivity contribution is 0.331. The Hall–Kier alpha value is -1.12. The maximum absolute atomic E-state index is 8.96. The lowest BCUT2D eigenvalue weighted by atomic mass is 10.1. The summed E-state index contributed by atoms with van der Waals surface area (Å²) in [6.07, 6.45) is 18.3. The van der Waals surface area contributed by atoms with Gasteiger partial charge in [-0.15, -0.1) is 0 Å². The first-order chi connectivity index (χ1) is 11.5. The summed E-state index contributed by atoms with van der Waals surface area (Å²) in [5, 5.41) is 17.9. The van der Waals surface area contributed by atoms with Gasteiger partial charge >= 0.3 is 0 Å². The fraction of sp³-hybridized carbons (Fsp3) is 0.636. The Balaban J connectivity index is 3.70. The zero-order chi connectivity index (χ0) is 18.2. The van der Waals surface area contributed by atoms with Gasteiger partial charge in [-0.3, -0.25) is 0 Å². The number of rotatable bonds is 13. The summed E-state index contributed by atoms with van der Waals surface area (Å²) in [6.45, 7) is 8.60. The van der Waals surface area contributed by atoms with E-state index in [4.69, 9.17) is 10.2 Å². The molecule has 2 heteroatoms. The third kappa shape index (κ3) is 14.5. The highest BCUT2D eigenvalue weighted by molar-refractivity contribution is 5.09. The van der Waals surface area contributed by atoms with E-state index in [-0.39, 0.29) is 13.2 Å². The van der Waals surface area contributed by atoms with Gasteiger partial charge in [0.25, 0.3) is 0 Å². The second kappa shape index (κ2) is 15.4. The highest BCUT2D eigenvalue weighted by atomic mass is 16.3. The summed E-state index contributed by atoms with van der Waals surface area (Å²) in [5.41, 5.74) is 4.89. The van der Waals surface area contributed by atoms with Crippen LogP contribution < -0.4 is 0 Å². The molecule has 0 aromatic rings. The van der Waals surface area contributed by atoms with Gasteiger partial charge in [-0.1, -0.05) is 59.4 Å². The summed E-state index contributed by atoms with van der Waals surface area (Å²) >= 11 is 0. The van der Waals surface area contributed by atoms with Crippen LogP contribution >= 0.6 is 0 Å². The summed E-state index contributed by atoms with van der Waals surface area (Å²) in [6, 6.07) is 0. The van der Waals surface area contributed by atoms with E-state index in [9.17, 15) is 0 Å². The van der Waals surface area contributed by atoms with Crippen LogP contribution in [0.1, 0.15) is 79.1 Å². The molecule has 0 aliphatic heterocycles. The molecule has 2 nitrogen and oxygen atoms in total. The van der Waals surface area contributed by atoms with Gasteiger partial charge in [0.1, 0.15) is 0 Å². The van der Waals surface area contributed by atoms with Crippen molar-refractivity contribution in [1.82, 2.24) is 0 Å². The largest absolute Gasteiger partial charge is 0.392 e. The predicted octanol–water partition coefficient (Wildman–Crippen LogP) is 5.88. The molecular formula is C22H38O2. The fourth-order valence-electron chi connectivity index (χ4n) is 2.31. The summed E-state index contributed by atoms with van der Waals surface area (Å²) < 4.78 is 0. The third-order valence-corrected chi connectivity index (χ3v) is 4.19. The topological polar surface area (TPSA) is 40.5 Å². The van der Waals surface area contributed by atoms with Crippen LogP contribution in [0.25, 0.3) is 0 Å². The van der Waals surface area contributed by atoms with Gasteiger partial charge < -0.3 is 10.2 Å². The van der Waals surface area contributed by atoms with Crippen molar-refractivity contribution >= 4 is 0 Å². The van der Waals surface area contributed by atoms with Crippen LogP contribution in [0.15, 0.2) is 46.6 Å². The number of unbranched alkanes of at least 4 members (excludes halogenated alkanes) is 5. The molecule has 0 spiro atoms. The SMILES string of the molecule is C/C(=C\C/C(C)=C/CCCCCC/C=C(\C)C/C=C(\C)CO)CO. The lowest BCUT2D eigenvalue weighted by Gasteiger charge is -2.01. The van der Waals surface area contributed by atoms with E-state index < -0.39 is 0 Å². The molecule has 0 saturated carbocycles. The van der Waals surface area contributed by atoms with E-state index in [2.05, 4.69) is 38.2 Å². The molecule has 0 heterocycles. The predicted molar refractivity (Wildman–Crippen MR) is 106 cm³/mol. The van der Waals surface area contributed by atoms with Gasteiger partial charge in [0.15, 0.2) is 0 Å². The molecule has 0 unspecified atom stereocenters. The highest BCUT2D eigenvalue weighted by Gasteiger charge is 1.93. The van der Waals surface area contributed by atoms with Crippen LogP contribution in [-0.2, 0) is 0 Å². The van der Waals surface area contributed by atoms with Crippen LogP contribution in [0.3, 0.4) is 0 Å². The molecule has 0 aromatic heterocycles. The smallest absolute Gasteiger partial charge is 0.0639 e. The van der Waals surface area contributed by atoms with Gasteiger partial charge in [-0.05, 0) is 66.2 Å². The van der Waals surface area contributed by atoms with E-state index in [1.165, 1.54) is 36.8 Å². The third-order valence-electron chi connectivity index (χ3n) is 4.19. The minimum absolute atomic E-state index is 0.165. The van der Waals surface area contributed by atoms with Gasteiger partial charge in [0.2, 0.25) is 0 Å². The minimum Gasteiger partial charge on any atom is -0.392 e. The average Bonchev–Trinajstić information content (AvgIpc) is 2.59. The summed E-state index contributed by atoms with van der Waals surface area (Å²) in [7, 11) is 0. The lowest BCUT2D eigenvalue weighted by Crippen LogP contribution is -1.85. The Morgan fingerprint density at radius 2 is 0.917 bits per heavy atom. The average molecular weight is 335 g/mol. The molecule has 138 valence electrons. The molecule has 2 N–H and O–H groups in total. The molecule has 24 heavy (non-hydrogen) atoms. The van der Waals surface area contributed by atoms with Gasteiger partial charge in [-0.2, -0.15) is 0 Å². The number of aliphatic hydroxyl groups is 2. The number of hydrogen-bond donors (Lipinski definition) is 2. The van der Waals surface area contributed by atoms with Crippen LogP contribution in [0.5, 0.6) is 0 Å². The Bertz CT molecular complexity index is 397. The number of aliphatic hydroxyl groups excluding tert-OH is 2. The molecule has 0 atom stereocenters. The monoisotopic (exact) mass is 334 g/mol. The Morgan fingerprint density at radius 3 is 1.25 bits per heavy atom. The van der Waals surface area contributed by atoms with Crippen LogP contribution in [0, 0.1) is 0 Å². The molecule has 0 aromatic carbocycles. The van der Waals surface area contributed by atoms with Crippen molar-refractivity contribution in [3.63, 3.8) is 0 Å². The van der Waals surface area contributed by atoms with Crippen molar-refractivity contribution < 1.29 is 10.2 Å². The van der Waals surface area contributed by atoms with E-state index in [1.54, 1.807) is 0 Å². The Kier molecular flexibility index (Phi) is 14.7. The van der Waals surface area contributed by atoms with Crippen LogP contribution in [-0.4, -0.2) is 23.4 Å². The molecule has 0 rings (SSSR count). The first-order valence-corrected chi connectivity index (χ1v) is 9.33. The van der Waals surface area contributed by atoms with E-state index in [0.29, 0.717) is 0 Å². The minimum atomic E-state index is 0.165. The maximum atomic E-state index is 8.96. The van der Waals surface area contributed by atoms with Crippen molar-refractivity contribution in [2.45, 2.75) is 79.1 Å². The van der Waals surface area contributed by atoms with Crippen molar-refractivity contribution in [3.8, 4) is 0 Å². The zero-order valence-electron chi connectivity index (χ0n) is 16.3. The van der Waals surface area contributed by atoms with Gasteiger partial charge in [0, 0.05) is 0 Å². The fourth-order valence-corrected chi connectivity index (χ4v) is 2.31. The molecule has 0 bridgehead atoms.